The van der Waals surface area contributed by atoms with Gasteiger partial charge in [-0.05, 0) is 70.9 Å². The molecule has 0 unspecified atom stereocenters. The first-order valence-electron chi connectivity index (χ1n) is 10.1. The normalized spacial score (nSPS) is 12.5. The molecule has 0 heterocycles. The van der Waals surface area contributed by atoms with Crippen molar-refractivity contribution in [2.75, 3.05) is 0 Å². The quantitative estimate of drug-likeness (QED) is 0.414. The highest BCUT2D eigenvalue weighted by Gasteiger charge is 2.21. The molecule has 154 valence electrons. The minimum Gasteiger partial charge on any atom is -0.427 e. The summed E-state index contributed by atoms with van der Waals surface area (Å²) in [5.74, 6) is 0.494. The second-order valence-electron chi connectivity index (χ2n) is 9.57. The van der Waals surface area contributed by atoms with Gasteiger partial charge < -0.3 is 14.3 Å². The van der Waals surface area contributed by atoms with Gasteiger partial charge in [0.05, 0.1) is 0 Å². The van der Waals surface area contributed by atoms with Gasteiger partial charge in [-0.3, -0.25) is 0 Å². The summed E-state index contributed by atoms with van der Waals surface area (Å²) in [6, 6.07) is 14.6. The SMILES string of the molecule is CC(C)(C)c1ccc(CCCCc2ccc(OP(O)O)cc2)c(C(C)(C)C)c1. The number of unbranched alkanes of at least 4 members (excludes halogenated alkanes) is 1. The van der Waals surface area contributed by atoms with Gasteiger partial charge in [-0.2, -0.15) is 0 Å². The lowest BCUT2D eigenvalue weighted by Gasteiger charge is -2.27. The molecule has 0 aliphatic carbocycles. The van der Waals surface area contributed by atoms with E-state index in [-0.39, 0.29) is 10.8 Å². The summed E-state index contributed by atoms with van der Waals surface area (Å²) in [6.45, 7) is 13.7. The van der Waals surface area contributed by atoms with Crippen LogP contribution in [-0.2, 0) is 23.7 Å². The number of aryl methyl sites for hydroxylation is 2. The standard InChI is InChI=1S/C24H35O3P/c1-23(2,3)20-14-13-19(22(17-20)24(4,5)6)10-8-7-9-18-11-15-21(16-12-18)27-28(25)26/h11-17,25-26H,7-10H2,1-6H3. The molecule has 2 aromatic rings. The smallest absolute Gasteiger partial charge is 0.391 e. The summed E-state index contributed by atoms with van der Waals surface area (Å²) >= 11 is 0. The average Bonchev–Trinajstić information content (AvgIpc) is 2.58. The van der Waals surface area contributed by atoms with Crippen molar-refractivity contribution < 1.29 is 14.3 Å². The lowest BCUT2D eigenvalue weighted by molar-refractivity contribution is 0.375. The number of benzene rings is 2. The van der Waals surface area contributed by atoms with Crippen LogP contribution in [0, 0.1) is 0 Å². The predicted octanol–water partition coefficient (Wildman–Crippen LogP) is 6.44. The topological polar surface area (TPSA) is 49.7 Å². The molecule has 0 aliphatic heterocycles. The van der Waals surface area contributed by atoms with Gasteiger partial charge in [0.2, 0.25) is 0 Å². The van der Waals surface area contributed by atoms with Gasteiger partial charge in [-0.1, -0.05) is 71.9 Å². The van der Waals surface area contributed by atoms with Gasteiger partial charge in [0.1, 0.15) is 5.75 Å². The van der Waals surface area contributed by atoms with Gasteiger partial charge in [0.15, 0.2) is 0 Å². The minimum atomic E-state index is -2.35. The van der Waals surface area contributed by atoms with E-state index in [1.54, 1.807) is 12.1 Å². The summed E-state index contributed by atoms with van der Waals surface area (Å²) < 4.78 is 4.91. The fourth-order valence-corrected chi connectivity index (χ4v) is 3.73. The molecule has 0 bridgehead atoms. The van der Waals surface area contributed by atoms with E-state index in [1.807, 2.05) is 12.1 Å². The highest BCUT2D eigenvalue weighted by atomic mass is 31.2. The second kappa shape index (κ2) is 9.39. The van der Waals surface area contributed by atoms with Crippen molar-refractivity contribution in [3.63, 3.8) is 0 Å². The maximum atomic E-state index is 8.90. The Morgan fingerprint density at radius 1 is 0.786 bits per heavy atom. The van der Waals surface area contributed by atoms with Gasteiger partial charge in [-0.25, -0.2) is 0 Å². The summed E-state index contributed by atoms with van der Waals surface area (Å²) in [5, 5.41) is 0. The number of hydrogen-bond acceptors (Lipinski definition) is 3. The number of hydrogen-bond donors (Lipinski definition) is 2. The van der Waals surface area contributed by atoms with Gasteiger partial charge in [0.25, 0.3) is 0 Å². The monoisotopic (exact) mass is 402 g/mol. The highest BCUT2D eigenvalue weighted by molar-refractivity contribution is 7.39. The molecule has 0 amide bonds. The third-order valence-corrected chi connectivity index (χ3v) is 5.43. The lowest BCUT2D eigenvalue weighted by atomic mass is 9.77. The number of rotatable bonds is 7. The lowest BCUT2D eigenvalue weighted by Crippen LogP contribution is -2.18. The second-order valence-corrected chi connectivity index (χ2v) is 10.3. The molecular formula is C24H35O3P. The van der Waals surface area contributed by atoms with E-state index in [1.165, 1.54) is 22.3 Å². The maximum absolute atomic E-state index is 8.90. The summed E-state index contributed by atoms with van der Waals surface area (Å²) in [6.07, 6.45) is 4.38. The van der Waals surface area contributed by atoms with Gasteiger partial charge in [0, 0.05) is 0 Å². The van der Waals surface area contributed by atoms with Crippen LogP contribution in [0.1, 0.15) is 76.6 Å². The van der Waals surface area contributed by atoms with Crippen molar-refractivity contribution in [1.82, 2.24) is 0 Å². The molecule has 0 radical (unpaired) electrons. The highest BCUT2D eigenvalue weighted by Crippen LogP contribution is 2.32. The first-order valence-corrected chi connectivity index (χ1v) is 11.2. The molecule has 2 aromatic carbocycles. The van der Waals surface area contributed by atoms with E-state index in [4.69, 9.17) is 14.3 Å². The maximum Gasteiger partial charge on any atom is 0.391 e. The van der Waals surface area contributed by atoms with E-state index >= 15 is 0 Å². The average molecular weight is 403 g/mol. The van der Waals surface area contributed by atoms with Crippen LogP contribution in [0.25, 0.3) is 0 Å². The minimum absolute atomic E-state index is 0.144. The van der Waals surface area contributed by atoms with Crippen molar-refractivity contribution in [3.8, 4) is 5.75 Å². The summed E-state index contributed by atoms with van der Waals surface area (Å²) in [4.78, 5) is 17.8. The van der Waals surface area contributed by atoms with Crippen LogP contribution >= 0.6 is 8.60 Å². The third-order valence-electron chi connectivity index (χ3n) is 5.06. The molecule has 0 saturated carbocycles. The fraction of sp³-hybridized carbons (Fsp3) is 0.500. The molecule has 4 heteroatoms. The van der Waals surface area contributed by atoms with Crippen LogP contribution in [0.5, 0.6) is 5.75 Å². The van der Waals surface area contributed by atoms with E-state index in [0.717, 1.165) is 25.7 Å². The Labute approximate surface area is 171 Å². The zero-order valence-electron chi connectivity index (χ0n) is 18.1. The molecule has 0 aliphatic rings. The molecule has 3 nitrogen and oxygen atoms in total. The van der Waals surface area contributed by atoms with Crippen LogP contribution in [-0.4, -0.2) is 9.79 Å². The van der Waals surface area contributed by atoms with Crippen LogP contribution < -0.4 is 4.52 Å². The molecule has 0 spiro atoms. The third kappa shape index (κ3) is 6.88. The Balaban J connectivity index is 1.97. The van der Waals surface area contributed by atoms with Crippen molar-refractivity contribution in [2.45, 2.75) is 78.1 Å². The van der Waals surface area contributed by atoms with E-state index in [9.17, 15) is 0 Å². The largest absolute Gasteiger partial charge is 0.427 e. The Morgan fingerprint density at radius 3 is 1.93 bits per heavy atom. The molecule has 2 rings (SSSR count). The molecular weight excluding hydrogens is 367 g/mol. The molecule has 28 heavy (non-hydrogen) atoms. The van der Waals surface area contributed by atoms with Crippen LogP contribution in [0.3, 0.4) is 0 Å². The van der Waals surface area contributed by atoms with Crippen molar-refractivity contribution >= 4 is 8.60 Å². The zero-order valence-corrected chi connectivity index (χ0v) is 19.0. The first kappa shape index (κ1) is 22.9. The Morgan fingerprint density at radius 2 is 1.39 bits per heavy atom. The van der Waals surface area contributed by atoms with Crippen LogP contribution in [0.4, 0.5) is 0 Å². The molecule has 0 saturated heterocycles. The summed E-state index contributed by atoms with van der Waals surface area (Å²) in [7, 11) is -2.35. The molecule has 0 fully saturated rings. The van der Waals surface area contributed by atoms with Crippen LogP contribution in [0.2, 0.25) is 0 Å². The molecule has 0 aromatic heterocycles. The van der Waals surface area contributed by atoms with E-state index in [0.29, 0.717) is 5.75 Å². The van der Waals surface area contributed by atoms with Crippen molar-refractivity contribution in [2.24, 2.45) is 0 Å². The van der Waals surface area contributed by atoms with Gasteiger partial charge in [-0.15, -0.1) is 0 Å². The zero-order chi connectivity index (χ0) is 20.9. The Bertz CT molecular complexity index is 753. The van der Waals surface area contributed by atoms with Gasteiger partial charge >= 0.3 is 8.60 Å². The van der Waals surface area contributed by atoms with E-state index in [2.05, 4.69) is 59.7 Å². The molecule has 0 atom stereocenters. The fourth-order valence-electron chi connectivity index (χ4n) is 3.41. The first-order chi connectivity index (χ1) is 13.0. The Hall–Kier alpha value is -1.41. The van der Waals surface area contributed by atoms with E-state index < -0.39 is 8.60 Å². The Kier molecular flexibility index (Phi) is 7.67. The predicted molar refractivity (Wildman–Crippen MR) is 119 cm³/mol. The summed E-state index contributed by atoms with van der Waals surface area (Å²) in [5.41, 5.74) is 5.88. The van der Waals surface area contributed by atoms with Crippen molar-refractivity contribution in [3.05, 3.63) is 64.7 Å². The van der Waals surface area contributed by atoms with Crippen LogP contribution in [0.15, 0.2) is 42.5 Å². The molecule has 2 N–H and O–H groups in total. The van der Waals surface area contributed by atoms with Crippen molar-refractivity contribution in [1.29, 1.82) is 0 Å².